The Morgan fingerprint density at radius 3 is 2.45 bits per heavy atom. The van der Waals surface area contributed by atoms with Gasteiger partial charge in [-0.1, -0.05) is 0 Å². The Hall–Kier alpha value is -2.84. The molecule has 1 aromatic carbocycles. The summed E-state index contributed by atoms with van der Waals surface area (Å²) >= 11 is 0. The fourth-order valence-electron chi connectivity index (χ4n) is 3.21. The number of hydrogen-bond donors (Lipinski definition) is 5. The van der Waals surface area contributed by atoms with Crippen LogP contribution in [0.3, 0.4) is 0 Å². The Labute approximate surface area is 176 Å². The van der Waals surface area contributed by atoms with Gasteiger partial charge in [-0.3, -0.25) is 14.9 Å². The zero-order valence-electron chi connectivity index (χ0n) is 16.7. The minimum absolute atomic E-state index is 0.0582. The van der Waals surface area contributed by atoms with Gasteiger partial charge in [-0.15, -0.1) is 0 Å². The van der Waals surface area contributed by atoms with E-state index in [0.717, 1.165) is 26.2 Å². The molecule has 2 rings (SSSR count). The third-order valence-electron chi connectivity index (χ3n) is 4.69. The Kier molecular flexibility index (Phi) is 7.86. The summed E-state index contributed by atoms with van der Waals surface area (Å²) in [6.07, 6.45) is -7.25. The molecule has 13 nitrogen and oxygen atoms in total. The maximum absolute atomic E-state index is 12.6. The first-order valence-electron chi connectivity index (χ1n) is 9.16. The first-order valence-corrected chi connectivity index (χ1v) is 9.16. The van der Waals surface area contributed by atoms with E-state index in [0.29, 0.717) is 0 Å². The number of non-ortho nitro benzene ring substituents is 1. The SMILES string of the molecule is COC(=O)[C@@]1(Oc2ccc([N+](=O)[O-])cc2)C[C@@H](O)[C@@H](NC(C)=O)C([C@H](O)[C@H](O)CO)O1. The van der Waals surface area contributed by atoms with Gasteiger partial charge in [-0.05, 0) is 12.1 Å². The van der Waals surface area contributed by atoms with Gasteiger partial charge >= 0.3 is 11.8 Å². The van der Waals surface area contributed by atoms with E-state index in [1.54, 1.807) is 0 Å². The predicted molar refractivity (Wildman–Crippen MR) is 101 cm³/mol. The molecule has 31 heavy (non-hydrogen) atoms. The molecule has 0 saturated carbocycles. The van der Waals surface area contributed by atoms with Crippen LogP contribution in [0, 0.1) is 10.1 Å². The summed E-state index contributed by atoms with van der Waals surface area (Å²) in [5.41, 5.74) is -0.242. The van der Waals surface area contributed by atoms with Crippen molar-refractivity contribution >= 4 is 17.6 Å². The highest BCUT2D eigenvalue weighted by atomic mass is 16.7. The van der Waals surface area contributed by atoms with Crippen LogP contribution in [0.25, 0.3) is 0 Å². The highest BCUT2D eigenvalue weighted by Crippen LogP contribution is 2.35. The summed E-state index contributed by atoms with van der Waals surface area (Å²) in [7, 11) is 1.02. The monoisotopic (exact) mass is 444 g/mol. The molecule has 0 aliphatic carbocycles. The van der Waals surface area contributed by atoms with Crippen LogP contribution in [0.5, 0.6) is 5.75 Å². The minimum Gasteiger partial charge on any atom is -0.464 e. The Morgan fingerprint density at radius 2 is 1.97 bits per heavy atom. The maximum Gasteiger partial charge on any atom is 0.379 e. The number of aliphatic hydroxyl groups is 4. The number of hydrogen-bond acceptors (Lipinski definition) is 11. The summed E-state index contributed by atoms with van der Waals surface area (Å²) in [6.45, 7) is 0.270. The van der Waals surface area contributed by atoms with E-state index in [-0.39, 0.29) is 11.4 Å². The summed E-state index contributed by atoms with van der Waals surface area (Å²) in [5.74, 6) is -4.09. The van der Waals surface area contributed by atoms with Crippen LogP contribution >= 0.6 is 0 Å². The molecule has 1 aliphatic rings. The summed E-state index contributed by atoms with van der Waals surface area (Å²) in [4.78, 5) is 34.3. The van der Waals surface area contributed by atoms with Gasteiger partial charge in [0.15, 0.2) is 0 Å². The average Bonchev–Trinajstić information content (AvgIpc) is 2.73. The maximum atomic E-state index is 12.6. The van der Waals surface area contributed by atoms with Gasteiger partial charge in [-0.25, -0.2) is 4.79 Å². The van der Waals surface area contributed by atoms with Crippen LogP contribution in [0.15, 0.2) is 24.3 Å². The molecule has 1 heterocycles. The van der Waals surface area contributed by atoms with E-state index in [1.165, 1.54) is 12.1 Å². The number of benzene rings is 1. The van der Waals surface area contributed by atoms with Gasteiger partial charge in [0.2, 0.25) is 5.91 Å². The average molecular weight is 444 g/mol. The summed E-state index contributed by atoms with van der Waals surface area (Å²) in [5, 5.41) is 53.3. The quantitative estimate of drug-likeness (QED) is 0.172. The highest BCUT2D eigenvalue weighted by Gasteiger charge is 2.57. The second kappa shape index (κ2) is 9.98. The lowest BCUT2D eigenvalue weighted by Gasteiger charge is -2.46. The summed E-state index contributed by atoms with van der Waals surface area (Å²) in [6, 6.07) is 3.33. The largest absolute Gasteiger partial charge is 0.464 e. The van der Waals surface area contributed by atoms with Crippen molar-refractivity contribution in [2.75, 3.05) is 13.7 Å². The number of carbonyl (C=O) groups excluding carboxylic acids is 2. The van der Waals surface area contributed by atoms with Gasteiger partial charge in [0.05, 0.1) is 37.2 Å². The molecule has 1 unspecified atom stereocenters. The molecule has 0 aromatic heterocycles. The van der Waals surface area contributed by atoms with E-state index < -0.39 is 66.1 Å². The molecule has 13 heteroatoms. The first kappa shape index (κ1) is 24.4. The molecule has 1 fully saturated rings. The molecule has 5 N–H and O–H groups in total. The van der Waals surface area contributed by atoms with Crippen molar-refractivity contribution in [3.05, 3.63) is 34.4 Å². The molecule has 0 bridgehead atoms. The Bertz CT molecular complexity index is 802. The Balaban J connectivity index is 2.44. The minimum atomic E-state index is -2.33. The number of amides is 1. The molecule has 1 aromatic rings. The number of rotatable bonds is 8. The van der Waals surface area contributed by atoms with Crippen molar-refractivity contribution in [2.45, 2.75) is 49.6 Å². The molecule has 1 aliphatic heterocycles. The number of esters is 1. The van der Waals surface area contributed by atoms with E-state index in [4.69, 9.17) is 19.3 Å². The third kappa shape index (κ3) is 5.45. The third-order valence-corrected chi connectivity index (χ3v) is 4.69. The van der Waals surface area contributed by atoms with Crippen molar-refractivity contribution in [1.82, 2.24) is 5.32 Å². The highest BCUT2D eigenvalue weighted by molar-refractivity contribution is 5.79. The smallest absolute Gasteiger partial charge is 0.379 e. The van der Waals surface area contributed by atoms with E-state index >= 15 is 0 Å². The second-order valence-corrected chi connectivity index (χ2v) is 6.92. The van der Waals surface area contributed by atoms with Gasteiger partial charge in [0, 0.05) is 19.1 Å². The number of ether oxygens (including phenoxy) is 3. The number of nitrogens with zero attached hydrogens (tertiary/aromatic N) is 1. The van der Waals surface area contributed by atoms with Gasteiger partial charge in [-0.2, -0.15) is 0 Å². The standard InChI is InChI=1S/C18H24N2O11/c1-9(22)19-14-12(23)7-18(17(26)29-2,31-16(14)15(25)13(24)8-21)30-11-5-3-10(4-6-11)20(27)28/h3-6,12-16,21,23-25H,7-8H2,1-2H3,(H,19,22)/t12-,13-,14-,15-,16?,18-/m1/s1. The number of carbonyl (C=O) groups is 2. The molecule has 1 amide bonds. The van der Waals surface area contributed by atoms with Crippen molar-refractivity contribution in [2.24, 2.45) is 0 Å². The number of aliphatic hydroxyl groups excluding tert-OH is 4. The number of nitro benzene ring substituents is 1. The van der Waals surface area contributed by atoms with E-state index in [9.17, 15) is 35.0 Å². The normalized spacial score (nSPS) is 27.6. The number of nitro groups is 1. The first-order chi connectivity index (χ1) is 14.5. The van der Waals surface area contributed by atoms with Crippen LogP contribution in [-0.2, 0) is 19.1 Å². The molecule has 1 saturated heterocycles. The van der Waals surface area contributed by atoms with Crippen molar-refractivity contribution < 1.29 is 49.1 Å². The van der Waals surface area contributed by atoms with E-state index in [1.807, 2.05) is 0 Å². The zero-order valence-corrected chi connectivity index (χ0v) is 16.7. The molecular weight excluding hydrogens is 420 g/mol. The van der Waals surface area contributed by atoms with Crippen molar-refractivity contribution in [3.8, 4) is 5.75 Å². The molecule has 172 valence electrons. The Morgan fingerprint density at radius 1 is 1.35 bits per heavy atom. The lowest BCUT2D eigenvalue weighted by atomic mass is 9.88. The molecule has 6 atom stereocenters. The summed E-state index contributed by atoms with van der Waals surface area (Å²) < 4.78 is 16.0. The number of nitrogens with one attached hydrogen (secondary N) is 1. The zero-order chi connectivity index (χ0) is 23.3. The second-order valence-electron chi connectivity index (χ2n) is 6.92. The van der Waals surface area contributed by atoms with Crippen LogP contribution < -0.4 is 10.1 Å². The van der Waals surface area contributed by atoms with Crippen molar-refractivity contribution in [1.29, 1.82) is 0 Å². The topological polar surface area (TPSA) is 198 Å². The lowest BCUT2D eigenvalue weighted by Crippen LogP contribution is -2.68. The molecular formula is C18H24N2O11. The van der Waals surface area contributed by atoms with Crippen molar-refractivity contribution in [3.63, 3.8) is 0 Å². The van der Waals surface area contributed by atoms with Crippen LogP contribution in [0.4, 0.5) is 5.69 Å². The predicted octanol–water partition coefficient (Wildman–Crippen LogP) is -1.79. The molecule has 0 spiro atoms. The fraction of sp³-hybridized carbons (Fsp3) is 0.556. The molecule has 0 radical (unpaired) electrons. The lowest BCUT2D eigenvalue weighted by molar-refractivity contribution is -0.384. The number of methoxy groups -OCH3 is 1. The van der Waals surface area contributed by atoms with Gasteiger partial charge in [0.1, 0.15) is 24.1 Å². The fourth-order valence-corrected chi connectivity index (χ4v) is 3.21. The van der Waals surface area contributed by atoms with Gasteiger partial charge < -0.3 is 40.0 Å². The van der Waals surface area contributed by atoms with Gasteiger partial charge in [0.25, 0.3) is 5.69 Å². The van der Waals surface area contributed by atoms with Crippen LogP contribution in [0.1, 0.15) is 13.3 Å². The van der Waals surface area contributed by atoms with E-state index in [2.05, 4.69) is 5.32 Å². The van der Waals surface area contributed by atoms with Crippen LogP contribution in [-0.4, -0.2) is 87.2 Å². The van der Waals surface area contributed by atoms with Crippen LogP contribution in [0.2, 0.25) is 0 Å².